The Kier molecular flexibility index (Phi) is 3.52. The van der Waals surface area contributed by atoms with E-state index in [-0.39, 0.29) is 0 Å². The van der Waals surface area contributed by atoms with E-state index in [1.165, 1.54) is 6.42 Å². The lowest BCUT2D eigenvalue weighted by atomic mass is 9.71. The zero-order chi connectivity index (χ0) is 10.0. The number of ketones is 1. The molecule has 0 spiro atoms. The molecule has 0 radical (unpaired) electrons. The molecule has 1 rings (SSSR count). The number of carbonyl (C=O) groups is 1. The van der Waals surface area contributed by atoms with Gasteiger partial charge in [-0.1, -0.05) is 34.1 Å². The van der Waals surface area contributed by atoms with Crippen molar-refractivity contribution in [1.82, 2.24) is 0 Å². The molecule has 13 heavy (non-hydrogen) atoms. The van der Waals surface area contributed by atoms with Crippen molar-refractivity contribution in [3.05, 3.63) is 0 Å². The first-order valence-electron chi connectivity index (χ1n) is 5.57. The lowest BCUT2D eigenvalue weighted by Crippen LogP contribution is -2.34. The smallest absolute Gasteiger partial charge is 0.139 e. The summed E-state index contributed by atoms with van der Waals surface area (Å²) in [7, 11) is 0. The number of carbonyl (C=O) groups excluding carboxylic acids is 1. The van der Waals surface area contributed by atoms with Crippen molar-refractivity contribution in [2.45, 2.75) is 47.0 Å². The van der Waals surface area contributed by atoms with Crippen LogP contribution in [0.3, 0.4) is 0 Å². The van der Waals surface area contributed by atoms with Crippen molar-refractivity contribution in [2.75, 3.05) is 0 Å². The van der Waals surface area contributed by atoms with Gasteiger partial charge in [0.1, 0.15) is 5.78 Å². The minimum atomic E-state index is 0.348. The van der Waals surface area contributed by atoms with Gasteiger partial charge in [0.25, 0.3) is 0 Å². The van der Waals surface area contributed by atoms with Gasteiger partial charge in [0.15, 0.2) is 0 Å². The fourth-order valence-electron chi connectivity index (χ4n) is 2.44. The molecule has 0 unspecified atom stereocenters. The molecule has 0 aliphatic heterocycles. The van der Waals surface area contributed by atoms with E-state index in [1.807, 2.05) is 0 Å². The van der Waals surface area contributed by atoms with E-state index in [9.17, 15) is 4.79 Å². The summed E-state index contributed by atoms with van der Waals surface area (Å²) in [6.45, 7) is 8.69. The molecule has 1 aliphatic rings. The monoisotopic (exact) mass is 182 g/mol. The van der Waals surface area contributed by atoms with E-state index in [4.69, 9.17) is 0 Å². The summed E-state index contributed by atoms with van der Waals surface area (Å²) in [5.74, 6) is 2.31. The van der Waals surface area contributed by atoms with Gasteiger partial charge in [0.05, 0.1) is 0 Å². The Morgan fingerprint density at radius 3 is 1.69 bits per heavy atom. The lowest BCUT2D eigenvalue weighted by molar-refractivity contribution is -0.132. The summed E-state index contributed by atoms with van der Waals surface area (Å²) in [6.07, 6.45) is 3.50. The normalized spacial score (nSPS) is 30.2. The van der Waals surface area contributed by atoms with E-state index in [0.717, 1.165) is 12.8 Å². The van der Waals surface area contributed by atoms with Gasteiger partial charge in [-0.2, -0.15) is 0 Å². The zero-order valence-electron chi connectivity index (χ0n) is 9.34. The van der Waals surface area contributed by atoms with E-state index >= 15 is 0 Å². The highest BCUT2D eigenvalue weighted by molar-refractivity contribution is 5.84. The third-order valence-electron chi connectivity index (χ3n) is 3.37. The molecular formula is C12H22O. The summed E-state index contributed by atoms with van der Waals surface area (Å²) in [4.78, 5) is 12.0. The van der Waals surface area contributed by atoms with E-state index in [1.54, 1.807) is 0 Å². The summed E-state index contributed by atoms with van der Waals surface area (Å²) >= 11 is 0. The van der Waals surface area contributed by atoms with Gasteiger partial charge >= 0.3 is 0 Å². The molecular weight excluding hydrogens is 160 g/mol. The summed E-state index contributed by atoms with van der Waals surface area (Å²) < 4.78 is 0. The highest BCUT2D eigenvalue weighted by Gasteiger charge is 2.34. The SMILES string of the molecule is CC(C)[C@@H]1CCC[C@H](C(C)C)C1=O. The van der Waals surface area contributed by atoms with Crippen LogP contribution in [0.25, 0.3) is 0 Å². The predicted octanol–water partition coefficient (Wildman–Crippen LogP) is 3.28. The largest absolute Gasteiger partial charge is 0.299 e. The highest BCUT2D eigenvalue weighted by atomic mass is 16.1. The summed E-state index contributed by atoms with van der Waals surface area (Å²) in [6, 6.07) is 0. The maximum absolute atomic E-state index is 12.0. The fourth-order valence-corrected chi connectivity index (χ4v) is 2.44. The maximum atomic E-state index is 12.0. The van der Waals surface area contributed by atoms with E-state index in [0.29, 0.717) is 29.5 Å². The molecule has 1 fully saturated rings. The number of hydrogen-bond donors (Lipinski definition) is 0. The zero-order valence-corrected chi connectivity index (χ0v) is 9.34. The number of Topliss-reactive ketones (excluding diaryl/α,β-unsaturated/α-hetero) is 1. The first-order valence-corrected chi connectivity index (χ1v) is 5.57. The minimum Gasteiger partial charge on any atom is -0.299 e. The van der Waals surface area contributed by atoms with Crippen molar-refractivity contribution < 1.29 is 4.79 Å². The highest BCUT2D eigenvalue weighted by Crippen LogP contribution is 2.34. The average Bonchev–Trinajstić information content (AvgIpc) is 2.03. The molecule has 0 aromatic heterocycles. The lowest BCUT2D eigenvalue weighted by Gasteiger charge is -2.32. The molecule has 0 bridgehead atoms. The molecule has 1 saturated carbocycles. The van der Waals surface area contributed by atoms with Crippen molar-refractivity contribution in [2.24, 2.45) is 23.7 Å². The second-order valence-corrected chi connectivity index (χ2v) is 5.03. The molecule has 0 amide bonds. The van der Waals surface area contributed by atoms with E-state index < -0.39 is 0 Å². The van der Waals surface area contributed by atoms with Crippen LogP contribution in [-0.4, -0.2) is 5.78 Å². The fraction of sp³-hybridized carbons (Fsp3) is 0.917. The molecule has 0 aromatic carbocycles. The first kappa shape index (κ1) is 10.7. The Bertz CT molecular complexity index is 164. The Morgan fingerprint density at radius 1 is 1.00 bits per heavy atom. The quantitative estimate of drug-likeness (QED) is 0.640. The molecule has 0 aromatic rings. The molecule has 76 valence electrons. The average molecular weight is 182 g/mol. The van der Waals surface area contributed by atoms with Gasteiger partial charge in [0, 0.05) is 11.8 Å². The van der Waals surface area contributed by atoms with Crippen LogP contribution in [0.2, 0.25) is 0 Å². The minimum absolute atomic E-state index is 0.348. The molecule has 0 heterocycles. The third kappa shape index (κ3) is 2.32. The van der Waals surface area contributed by atoms with Crippen LogP contribution in [-0.2, 0) is 4.79 Å². The maximum Gasteiger partial charge on any atom is 0.139 e. The van der Waals surface area contributed by atoms with E-state index in [2.05, 4.69) is 27.7 Å². The Labute approximate surface area is 81.9 Å². The standard InChI is InChI=1S/C12H22O/c1-8(2)10-6-5-7-11(9(3)4)12(10)13/h8-11H,5-7H2,1-4H3/t10-,11+. The van der Waals surface area contributed by atoms with Crippen molar-refractivity contribution >= 4 is 5.78 Å². The number of rotatable bonds is 2. The van der Waals surface area contributed by atoms with Crippen LogP contribution in [0.15, 0.2) is 0 Å². The second-order valence-electron chi connectivity index (χ2n) is 5.03. The topological polar surface area (TPSA) is 17.1 Å². The van der Waals surface area contributed by atoms with Crippen LogP contribution in [0.1, 0.15) is 47.0 Å². The second kappa shape index (κ2) is 4.26. The number of hydrogen-bond acceptors (Lipinski definition) is 1. The van der Waals surface area contributed by atoms with Crippen LogP contribution in [0.4, 0.5) is 0 Å². The van der Waals surface area contributed by atoms with Crippen molar-refractivity contribution in [3.8, 4) is 0 Å². The van der Waals surface area contributed by atoms with Crippen molar-refractivity contribution in [1.29, 1.82) is 0 Å². The van der Waals surface area contributed by atoms with Crippen molar-refractivity contribution in [3.63, 3.8) is 0 Å². The first-order chi connectivity index (χ1) is 6.04. The van der Waals surface area contributed by atoms with Gasteiger partial charge in [-0.25, -0.2) is 0 Å². The molecule has 2 atom stereocenters. The van der Waals surface area contributed by atoms with Gasteiger partial charge in [-0.3, -0.25) is 4.79 Å². The van der Waals surface area contributed by atoms with Crippen LogP contribution >= 0.6 is 0 Å². The summed E-state index contributed by atoms with van der Waals surface area (Å²) in [5.41, 5.74) is 0. The van der Waals surface area contributed by atoms with Crippen LogP contribution < -0.4 is 0 Å². The molecule has 1 aliphatic carbocycles. The van der Waals surface area contributed by atoms with Crippen LogP contribution in [0, 0.1) is 23.7 Å². The molecule has 1 nitrogen and oxygen atoms in total. The van der Waals surface area contributed by atoms with Gasteiger partial charge in [-0.05, 0) is 24.7 Å². The Balaban J connectivity index is 2.66. The molecule has 0 N–H and O–H groups in total. The predicted molar refractivity (Wildman–Crippen MR) is 55.5 cm³/mol. The van der Waals surface area contributed by atoms with Gasteiger partial charge in [0.2, 0.25) is 0 Å². The summed E-state index contributed by atoms with van der Waals surface area (Å²) in [5, 5.41) is 0. The van der Waals surface area contributed by atoms with Gasteiger partial charge in [-0.15, -0.1) is 0 Å². The third-order valence-corrected chi connectivity index (χ3v) is 3.37. The Hall–Kier alpha value is -0.330. The molecule has 0 saturated heterocycles. The van der Waals surface area contributed by atoms with Gasteiger partial charge < -0.3 is 0 Å². The van der Waals surface area contributed by atoms with Crippen LogP contribution in [0.5, 0.6) is 0 Å². The molecule has 1 heteroatoms. The Morgan fingerprint density at radius 2 is 1.38 bits per heavy atom.